The average Bonchev–Trinajstić information content (AvgIpc) is 3.14. The van der Waals surface area contributed by atoms with Gasteiger partial charge in [0.25, 0.3) is 0 Å². The molecular weight excluding hydrogens is 416 g/mol. The van der Waals surface area contributed by atoms with Crippen LogP contribution in [0.1, 0.15) is 5.69 Å². The zero-order chi connectivity index (χ0) is 18.9. The fraction of sp³-hybridized carbons (Fsp3) is 0.0476. The van der Waals surface area contributed by atoms with Crippen LogP contribution >= 0.6 is 15.9 Å². The van der Waals surface area contributed by atoms with Crippen molar-refractivity contribution in [3.05, 3.63) is 83.5 Å². The number of imidazole rings is 1. The molecule has 0 radical (unpaired) electrons. The quantitative estimate of drug-likeness (QED) is 0.446. The lowest BCUT2D eigenvalue weighted by Crippen LogP contribution is -2.04. The number of anilines is 1. The molecule has 136 valence electrons. The van der Waals surface area contributed by atoms with Crippen LogP contribution in [0.5, 0.6) is 0 Å². The topological polar surface area (TPSA) is 68.0 Å². The summed E-state index contributed by atoms with van der Waals surface area (Å²) in [7, 11) is 0. The summed E-state index contributed by atoms with van der Waals surface area (Å²) in [5, 5.41) is 4.40. The fourth-order valence-corrected chi connectivity index (χ4v) is 3.46. The van der Waals surface area contributed by atoms with Crippen LogP contribution in [0.25, 0.3) is 27.9 Å². The van der Waals surface area contributed by atoms with Crippen molar-refractivity contribution in [2.24, 2.45) is 0 Å². The summed E-state index contributed by atoms with van der Waals surface area (Å²) >= 11 is 3.49. The van der Waals surface area contributed by atoms with Gasteiger partial charge in [-0.1, -0.05) is 12.1 Å². The molecule has 7 heteroatoms. The van der Waals surface area contributed by atoms with Crippen molar-refractivity contribution in [3.63, 3.8) is 0 Å². The third-order valence-corrected chi connectivity index (χ3v) is 4.89. The molecule has 5 aromatic rings. The lowest BCUT2D eigenvalue weighted by molar-refractivity contribution is 1.06. The van der Waals surface area contributed by atoms with E-state index in [0.717, 1.165) is 38.1 Å². The Kier molecular flexibility index (Phi) is 4.21. The zero-order valence-electron chi connectivity index (χ0n) is 14.7. The van der Waals surface area contributed by atoms with Gasteiger partial charge in [-0.3, -0.25) is 4.98 Å². The molecule has 1 N–H and O–H groups in total. The van der Waals surface area contributed by atoms with Crippen LogP contribution in [-0.2, 0) is 6.54 Å². The first-order chi connectivity index (χ1) is 13.8. The maximum atomic E-state index is 4.75. The molecule has 5 rings (SSSR count). The van der Waals surface area contributed by atoms with Gasteiger partial charge in [-0.05, 0) is 52.3 Å². The van der Waals surface area contributed by atoms with Crippen LogP contribution in [-0.4, -0.2) is 24.3 Å². The highest BCUT2D eigenvalue weighted by Gasteiger charge is 2.10. The predicted octanol–water partition coefficient (Wildman–Crippen LogP) is 4.71. The second kappa shape index (κ2) is 7.01. The summed E-state index contributed by atoms with van der Waals surface area (Å²) in [4.78, 5) is 18.3. The standard InChI is InChI=1S/C21H15BrN6/c22-15-7-8-19-25-16(13-28(19)12-15)11-24-21-17-5-1-2-6-18(17)26-20(27-21)14-4-3-9-23-10-14/h1-10,12-13H,11H2,(H,24,26,27). The Morgan fingerprint density at radius 2 is 1.86 bits per heavy atom. The number of fused-ring (bicyclic) bond motifs is 2. The molecule has 0 amide bonds. The lowest BCUT2D eigenvalue weighted by atomic mass is 10.2. The van der Waals surface area contributed by atoms with E-state index in [1.54, 1.807) is 12.4 Å². The van der Waals surface area contributed by atoms with Crippen molar-refractivity contribution in [1.29, 1.82) is 0 Å². The van der Waals surface area contributed by atoms with Crippen molar-refractivity contribution in [3.8, 4) is 11.4 Å². The molecule has 0 fully saturated rings. The minimum atomic E-state index is 0.562. The number of nitrogens with zero attached hydrogens (tertiary/aromatic N) is 5. The maximum absolute atomic E-state index is 4.75. The van der Waals surface area contributed by atoms with Crippen LogP contribution in [0.2, 0.25) is 0 Å². The zero-order valence-corrected chi connectivity index (χ0v) is 16.3. The number of halogens is 1. The van der Waals surface area contributed by atoms with E-state index >= 15 is 0 Å². The van der Waals surface area contributed by atoms with Crippen molar-refractivity contribution < 1.29 is 0 Å². The van der Waals surface area contributed by atoms with Gasteiger partial charge in [-0.15, -0.1) is 0 Å². The lowest BCUT2D eigenvalue weighted by Gasteiger charge is -2.10. The minimum Gasteiger partial charge on any atom is -0.364 e. The molecule has 0 saturated heterocycles. The normalized spacial score (nSPS) is 11.2. The van der Waals surface area contributed by atoms with Crippen molar-refractivity contribution in [2.75, 3.05) is 5.32 Å². The summed E-state index contributed by atoms with van der Waals surface area (Å²) < 4.78 is 3.01. The number of hydrogen-bond donors (Lipinski definition) is 1. The SMILES string of the molecule is Brc1ccc2nc(CNc3nc(-c4cccnc4)nc4ccccc34)cn2c1. The highest BCUT2D eigenvalue weighted by molar-refractivity contribution is 9.10. The largest absolute Gasteiger partial charge is 0.364 e. The van der Waals surface area contributed by atoms with Crippen molar-refractivity contribution in [2.45, 2.75) is 6.54 Å². The molecule has 0 aliphatic heterocycles. The Bertz CT molecular complexity index is 1280. The number of para-hydroxylation sites is 1. The highest BCUT2D eigenvalue weighted by Crippen LogP contribution is 2.25. The summed E-state index contributed by atoms with van der Waals surface area (Å²) in [6.07, 6.45) is 7.52. The van der Waals surface area contributed by atoms with Gasteiger partial charge in [0, 0.05) is 40.2 Å². The number of aromatic nitrogens is 5. The van der Waals surface area contributed by atoms with Gasteiger partial charge in [0.2, 0.25) is 0 Å². The number of nitrogens with one attached hydrogen (secondary N) is 1. The molecule has 0 saturated carbocycles. The van der Waals surface area contributed by atoms with Crippen LogP contribution in [0.3, 0.4) is 0 Å². The van der Waals surface area contributed by atoms with E-state index < -0.39 is 0 Å². The molecule has 6 nitrogen and oxygen atoms in total. The second-order valence-electron chi connectivity index (χ2n) is 6.35. The molecule has 28 heavy (non-hydrogen) atoms. The van der Waals surface area contributed by atoms with E-state index in [1.165, 1.54) is 0 Å². The average molecular weight is 431 g/mol. The minimum absolute atomic E-state index is 0.562. The van der Waals surface area contributed by atoms with Gasteiger partial charge < -0.3 is 9.72 Å². The summed E-state index contributed by atoms with van der Waals surface area (Å²) in [5.41, 5.74) is 3.61. The molecule has 1 aromatic carbocycles. The molecular formula is C21H15BrN6. The summed E-state index contributed by atoms with van der Waals surface area (Å²) in [6, 6.07) is 15.8. The molecule has 0 aliphatic carbocycles. The molecule has 4 aromatic heterocycles. The molecule has 0 spiro atoms. The highest BCUT2D eigenvalue weighted by atomic mass is 79.9. The fourth-order valence-electron chi connectivity index (χ4n) is 3.11. The molecule has 0 atom stereocenters. The van der Waals surface area contributed by atoms with Crippen molar-refractivity contribution in [1.82, 2.24) is 24.3 Å². The first kappa shape index (κ1) is 16.8. The van der Waals surface area contributed by atoms with Crippen LogP contribution < -0.4 is 5.32 Å². The number of pyridine rings is 2. The smallest absolute Gasteiger partial charge is 0.163 e. The first-order valence-corrected chi connectivity index (χ1v) is 9.60. The van der Waals surface area contributed by atoms with E-state index in [9.17, 15) is 0 Å². The van der Waals surface area contributed by atoms with Gasteiger partial charge in [-0.25, -0.2) is 15.0 Å². The van der Waals surface area contributed by atoms with Gasteiger partial charge in [0.05, 0.1) is 17.8 Å². The maximum Gasteiger partial charge on any atom is 0.163 e. The number of benzene rings is 1. The van der Waals surface area contributed by atoms with E-state index in [0.29, 0.717) is 12.4 Å². The predicted molar refractivity (Wildman–Crippen MR) is 113 cm³/mol. The summed E-state index contributed by atoms with van der Waals surface area (Å²) in [6.45, 7) is 0.562. The molecule has 4 heterocycles. The van der Waals surface area contributed by atoms with Gasteiger partial charge in [0.15, 0.2) is 5.82 Å². The van der Waals surface area contributed by atoms with Crippen LogP contribution in [0.15, 0.2) is 77.8 Å². The second-order valence-corrected chi connectivity index (χ2v) is 7.27. The Morgan fingerprint density at radius 1 is 0.929 bits per heavy atom. The molecule has 0 bridgehead atoms. The monoisotopic (exact) mass is 430 g/mol. The summed E-state index contributed by atoms with van der Waals surface area (Å²) in [5.74, 6) is 1.43. The third-order valence-electron chi connectivity index (χ3n) is 4.42. The Labute approximate surface area is 169 Å². The Balaban J connectivity index is 1.51. The van der Waals surface area contributed by atoms with Gasteiger partial charge in [0.1, 0.15) is 11.5 Å². The van der Waals surface area contributed by atoms with Crippen LogP contribution in [0.4, 0.5) is 5.82 Å². The van der Waals surface area contributed by atoms with Gasteiger partial charge >= 0.3 is 0 Å². The van der Waals surface area contributed by atoms with Crippen LogP contribution in [0, 0.1) is 0 Å². The number of rotatable bonds is 4. The molecule has 0 unspecified atom stereocenters. The van der Waals surface area contributed by atoms with E-state index in [1.807, 2.05) is 65.3 Å². The molecule has 0 aliphatic rings. The third kappa shape index (κ3) is 3.20. The van der Waals surface area contributed by atoms with Gasteiger partial charge in [-0.2, -0.15) is 0 Å². The Morgan fingerprint density at radius 3 is 2.75 bits per heavy atom. The van der Waals surface area contributed by atoms with E-state index in [2.05, 4.69) is 36.2 Å². The van der Waals surface area contributed by atoms with E-state index in [-0.39, 0.29) is 0 Å². The van der Waals surface area contributed by atoms with Crippen molar-refractivity contribution >= 4 is 38.3 Å². The Hall–Kier alpha value is -3.32. The first-order valence-electron chi connectivity index (χ1n) is 8.80. The number of hydrogen-bond acceptors (Lipinski definition) is 5. The van der Waals surface area contributed by atoms with E-state index in [4.69, 9.17) is 4.98 Å².